The molecular formula is C23H25F3N5O3S2+. The van der Waals surface area contributed by atoms with E-state index in [-0.39, 0.29) is 28.1 Å². The van der Waals surface area contributed by atoms with Gasteiger partial charge in [-0.15, -0.1) is 11.3 Å². The van der Waals surface area contributed by atoms with Crippen molar-refractivity contribution in [1.82, 2.24) is 14.9 Å². The summed E-state index contributed by atoms with van der Waals surface area (Å²) in [5.74, 6) is 0.510. The Morgan fingerprint density at radius 3 is 2.42 bits per heavy atom. The monoisotopic (exact) mass is 540 g/mol. The highest BCUT2D eigenvalue weighted by atomic mass is 32.2. The zero-order valence-electron chi connectivity index (χ0n) is 19.7. The van der Waals surface area contributed by atoms with E-state index in [0.29, 0.717) is 46.4 Å². The van der Waals surface area contributed by atoms with E-state index < -0.39 is 23.6 Å². The van der Waals surface area contributed by atoms with Crippen molar-refractivity contribution >= 4 is 50.0 Å². The Labute approximate surface area is 212 Å². The molecule has 36 heavy (non-hydrogen) atoms. The third-order valence-corrected chi connectivity index (χ3v) is 8.12. The molecule has 1 aliphatic heterocycles. The fourth-order valence-corrected chi connectivity index (χ4v) is 5.65. The van der Waals surface area contributed by atoms with E-state index in [2.05, 4.69) is 9.97 Å². The number of halogens is 3. The molecule has 1 aliphatic rings. The summed E-state index contributed by atoms with van der Waals surface area (Å²) in [6, 6.07) is 7.98. The van der Waals surface area contributed by atoms with Crippen molar-refractivity contribution < 1.29 is 26.3 Å². The molecule has 1 aromatic carbocycles. The number of aromatic nitrogens is 2. The normalized spacial score (nSPS) is 15.5. The molecule has 0 spiro atoms. The van der Waals surface area contributed by atoms with Crippen LogP contribution in [0, 0.1) is 4.91 Å². The van der Waals surface area contributed by atoms with Gasteiger partial charge in [-0.05, 0) is 25.5 Å². The average molecular weight is 541 g/mol. The number of carbonyl (C=O) groups excluding carboxylic acids is 1. The highest BCUT2D eigenvalue weighted by Gasteiger charge is 2.30. The number of alkyl halides is 3. The topological polar surface area (TPSA) is 86.5 Å². The molecule has 192 valence electrons. The number of thiophene rings is 1. The number of hydrogen-bond donors (Lipinski definition) is 0. The Hall–Kier alpha value is -2.93. The van der Waals surface area contributed by atoms with E-state index in [9.17, 15) is 27.1 Å². The van der Waals surface area contributed by atoms with Crippen molar-refractivity contribution in [3.05, 3.63) is 52.0 Å². The number of benzene rings is 1. The van der Waals surface area contributed by atoms with Crippen molar-refractivity contribution in [2.24, 2.45) is 0 Å². The van der Waals surface area contributed by atoms with Gasteiger partial charge in [0.25, 0.3) is 5.69 Å². The van der Waals surface area contributed by atoms with E-state index in [1.165, 1.54) is 12.4 Å². The van der Waals surface area contributed by atoms with Crippen molar-refractivity contribution in [2.75, 3.05) is 31.1 Å². The summed E-state index contributed by atoms with van der Waals surface area (Å²) in [5, 5.41) is 0.287. The third-order valence-electron chi connectivity index (χ3n) is 5.74. The number of hydrogen-bond acceptors (Lipinski definition) is 7. The van der Waals surface area contributed by atoms with Crippen molar-refractivity contribution in [1.29, 1.82) is 0 Å². The lowest BCUT2D eigenvalue weighted by atomic mass is 10.1. The third kappa shape index (κ3) is 6.06. The summed E-state index contributed by atoms with van der Waals surface area (Å²) in [4.78, 5) is 37.8. The maximum Gasteiger partial charge on any atom is 0.393 e. The summed E-state index contributed by atoms with van der Waals surface area (Å²) in [5.41, 5.74) is 1.01. The van der Waals surface area contributed by atoms with Gasteiger partial charge in [0.15, 0.2) is 0 Å². The number of anilines is 1. The Morgan fingerprint density at radius 1 is 1.14 bits per heavy atom. The Balaban J connectivity index is 1.37. The van der Waals surface area contributed by atoms with Crippen LogP contribution in [0.4, 0.5) is 24.7 Å². The second kappa shape index (κ2) is 10.6. The van der Waals surface area contributed by atoms with Gasteiger partial charge in [-0.3, -0.25) is 4.79 Å². The van der Waals surface area contributed by atoms with E-state index >= 15 is 0 Å². The Bertz CT molecular complexity index is 1290. The Morgan fingerprint density at radius 2 is 1.81 bits per heavy atom. The summed E-state index contributed by atoms with van der Waals surface area (Å²) >= 11 is 1.01. The van der Waals surface area contributed by atoms with Crippen molar-refractivity contribution in [2.45, 2.75) is 38.1 Å². The molecule has 1 amide bonds. The van der Waals surface area contributed by atoms with E-state index in [4.69, 9.17) is 0 Å². The highest BCUT2D eigenvalue weighted by Crippen LogP contribution is 2.34. The zero-order chi connectivity index (χ0) is 26.0. The van der Waals surface area contributed by atoms with Crippen LogP contribution in [0.15, 0.2) is 36.7 Å². The average Bonchev–Trinajstić information content (AvgIpc) is 3.24. The van der Waals surface area contributed by atoms with Crippen molar-refractivity contribution in [3.63, 3.8) is 0 Å². The lowest BCUT2D eigenvalue weighted by molar-refractivity contribution is -0.278. The standard InChI is InChI=1S/C23H25F3N5O3S2/c1-15(2)36(34)31(33)17-5-3-16(4-6-17)11-20(32)29-7-9-30(10-8-29)21-19-12-18(13-23(24,25)26)35-22(19)28-14-27-21/h3-6,12,14-15H,7-11,13H2,1-2H3/q+1. The van der Waals surface area contributed by atoms with Crippen LogP contribution in [0.1, 0.15) is 24.3 Å². The quantitative estimate of drug-likeness (QED) is 0.418. The first kappa shape index (κ1) is 26.1. The van der Waals surface area contributed by atoms with Gasteiger partial charge in [-0.1, -0.05) is 12.1 Å². The number of fused-ring (bicyclic) bond motifs is 1. The smallest absolute Gasteiger partial charge is 0.352 e. The minimum Gasteiger partial charge on any atom is -0.352 e. The van der Waals surface area contributed by atoms with Crippen LogP contribution < -0.4 is 4.90 Å². The first-order valence-electron chi connectivity index (χ1n) is 11.3. The number of nitroso groups, excluding NO2 is 1. The minimum absolute atomic E-state index is 0.0667. The van der Waals surface area contributed by atoms with E-state index in [1.54, 1.807) is 43.0 Å². The van der Waals surface area contributed by atoms with Gasteiger partial charge in [0, 0.05) is 48.1 Å². The molecule has 0 aliphatic carbocycles. The summed E-state index contributed by atoms with van der Waals surface area (Å²) in [6.07, 6.45) is -3.77. The predicted octanol–water partition coefficient (Wildman–Crippen LogP) is 4.17. The maximum absolute atomic E-state index is 12.8. The van der Waals surface area contributed by atoms with Gasteiger partial charge >= 0.3 is 17.2 Å². The summed E-state index contributed by atoms with van der Waals surface area (Å²) in [6.45, 7) is 5.29. The first-order valence-corrected chi connectivity index (χ1v) is 13.3. The second-order valence-electron chi connectivity index (χ2n) is 8.71. The first-order chi connectivity index (χ1) is 17.0. The lowest BCUT2D eigenvalue weighted by Gasteiger charge is -2.35. The Kier molecular flexibility index (Phi) is 7.69. The van der Waals surface area contributed by atoms with Gasteiger partial charge in [0.2, 0.25) is 5.91 Å². The SMILES string of the molecule is CC(C)S(=O)[N+](=O)c1ccc(CC(=O)N2CCN(c3ncnc4sc(CC(F)(F)F)cc34)CC2)cc1. The molecule has 0 N–H and O–H groups in total. The molecule has 0 bridgehead atoms. The number of nitrogens with zero attached hydrogens (tertiary/aromatic N) is 5. The minimum atomic E-state index is -4.29. The predicted molar refractivity (Wildman–Crippen MR) is 133 cm³/mol. The molecule has 1 fully saturated rings. The molecule has 1 unspecified atom stereocenters. The van der Waals surface area contributed by atoms with Crippen LogP contribution in [0.25, 0.3) is 10.2 Å². The zero-order valence-corrected chi connectivity index (χ0v) is 21.3. The molecule has 3 heterocycles. The van der Waals surface area contributed by atoms with E-state index in [1.807, 2.05) is 4.90 Å². The van der Waals surface area contributed by atoms with E-state index in [0.717, 1.165) is 16.9 Å². The van der Waals surface area contributed by atoms with Gasteiger partial charge in [-0.2, -0.15) is 17.4 Å². The van der Waals surface area contributed by atoms with Crippen LogP contribution in [0.5, 0.6) is 0 Å². The largest absolute Gasteiger partial charge is 0.393 e. The molecule has 13 heteroatoms. The van der Waals surface area contributed by atoms with Crippen molar-refractivity contribution in [3.8, 4) is 0 Å². The highest BCUT2D eigenvalue weighted by molar-refractivity contribution is 7.79. The summed E-state index contributed by atoms with van der Waals surface area (Å²) in [7, 11) is -1.68. The number of piperazine rings is 1. The van der Waals surface area contributed by atoms with Crippen LogP contribution in [0.2, 0.25) is 0 Å². The molecular weight excluding hydrogens is 515 g/mol. The number of carbonyl (C=O) groups is 1. The van der Waals surface area contributed by atoms with Gasteiger partial charge in [0.1, 0.15) is 21.1 Å². The number of amides is 1. The fraction of sp³-hybridized carbons (Fsp3) is 0.435. The lowest BCUT2D eigenvalue weighted by Crippen LogP contribution is -2.49. The van der Waals surface area contributed by atoms with Gasteiger partial charge in [0.05, 0.1) is 23.5 Å². The molecule has 3 aromatic rings. The van der Waals surface area contributed by atoms with Crippen LogP contribution in [0.3, 0.4) is 0 Å². The molecule has 0 saturated carbocycles. The van der Waals surface area contributed by atoms with Crippen LogP contribution in [-0.4, -0.2) is 66.8 Å². The molecule has 1 saturated heterocycles. The second-order valence-corrected chi connectivity index (χ2v) is 11.7. The molecule has 4 rings (SSSR count). The van der Waals surface area contributed by atoms with Crippen LogP contribution >= 0.6 is 11.3 Å². The van der Waals surface area contributed by atoms with Gasteiger partial charge in [-0.25, -0.2) is 9.97 Å². The molecule has 2 aromatic heterocycles. The molecule has 1 atom stereocenters. The maximum atomic E-state index is 12.8. The number of rotatable bonds is 7. The van der Waals surface area contributed by atoms with Gasteiger partial charge < -0.3 is 9.80 Å². The molecule has 8 nitrogen and oxygen atoms in total. The van der Waals surface area contributed by atoms with Crippen LogP contribution in [-0.2, 0) is 28.6 Å². The molecule has 0 radical (unpaired) electrons. The fourth-order valence-electron chi connectivity index (χ4n) is 3.91. The summed E-state index contributed by atoms with van der Waals surface area (Å²) < 4.78 is 50.9.